The van der Waals surface area contributed by atoms with Gasteiger partial charge in [0, 0.05) is 0 Å². The maximum Gasteiger partial charge on any atom is 0.311 e. The molecule has 10 heavy (non-hydrogen) atoms. The molecule has 0 spiro atoms. The number of aromatic nitrogens is 3. The maximum atomic E-state index is 10.5. The summed E-state index contributed by atoms with van der Waals surface area (Å²) in [4.78, 5) is 13.9. The molecule has 0 bridgehead atoms. The van der Waals surface area contributed by atoms with E-state index in [0.29, 0.717) is 0 Å². The molecule has 0 aliphatic heterocycles. The molecular weight excluding hydrogens is 138 g/mol. The SMILES string of the molecule is Nc1n[nH]c(C(=O)NO)n1. The monoisotopic (exact) mass is 143 g/mol. The smallest absolute Gasteiger partial charge is 0.311 e. The van der Waals surface area contributed by atoms with Gasteiger partial charge in [0.2, 0.25) is 11.8 Å². The van der Waals surface area contributed by atoms with Crippen LogP contribution in [0.15, 0.2) is 0 Å². The summed E-state index contributed by atoms with van der Waals surface area (Å²) >= 11 is 0. The zero-order valence-electron chi connectivity index (χ0n) is 4.83. The predicted molar refractivity (Wildman–Crippen MR) is 30.0 cm³/mol. The van der Waals surface area contributed by atoms with E-state index in [9.17, 15) is 4.79 Å². The minimum absolute atomic E-state index is 0.0430. The number of nitrogens with zero attached hydrogens (tertiary/aromatic N) is 2. The molecule has 1 aromatic rings. The van der Waals surface area contributed by atoms with Crippen molar-refractivity contribution in [2.24, 2.45) is 0 Å². The summed E-state index contributed by atoms with van der Waals surface area (Å²) in [6.07, 6.45) is 0. The van der Waals surface area contributed by atoms with Gasteiger partial charge < -0.3 is 5.73 Å². The molecule has 0 radical (unpaired) electrons. The number of carbonyl (C=O) groups is 1. The van der Waals surface area contributed by atoms with E-state index in [-0.39, 0.29) is 11.8 Å². The number of H-pyrrole nitrogens is 1. The van der Waals surface area contributed by atoms with Crippen LogP contribution < -0.4 is 11.2 Å². The minimum atomic E-state index is -0.774. The van der Waals surface area contributed by atoms with E-state index in [2.05, 4.69) is 15.2 Å². The van der Waals surface area contributed by atoms with Gasteiger partial charge in [0.25, 0.3) is 0 Å². The Hall–Kier alpha value is -1.63. The summed E-state index contributed by atoms with van der Waals surface area (Å²) < 4.78 is 0. The molecule has 1 amide bonds. The Bertz CT molecular complexity index is 243. The minimum Gasteiger partial charge on any atom is -0.366 e. The first kappa shape index (κ1) is 6.49. The molecule has 1 aromatic heterocycles. The standard InChI is InChI=1S/C3H5N5O2/c4-3-5-1(6-7-3)2(9)8-10/h10H,(H,8,9)(H3,4,5,6,7). The van der Waals surface area contributed by atoms with Crippen LogP contribution in [0.5, 0.6) is 0 Å². The van der Waals surface area contributed by atoms with Crippen LogP contribution in [0.25, 0.3) is 0 Å². The third-order valence-electron chi connectivity index (χ3n) is 0.819. The highest BCUT2D eigenvalue weighted by Gasteiger charge is 2.07. The summed E-state index contributed by atoms with van der Waals surface area (Å²) in [6, 6.07) is 0. The molecule has 0 saturated heterocycles. The molecule has 0 atom stereocenters. The second-order valence-electron chi connectivity index (χ2n) is 1.48. The molecule has 1 heterocycles. The Morgan fingerprint density at radius 1 is 1.80 bits per heavy atom. The van der Waals surface area contributed by atoms with Crippen LogP contribution >= 0.6 is 0 Å². The maximum absolute atomic E-state index is 10.5. The van der Waals surface area contributed by atoms with E-state index in [0.717, 1.165) is 0 Å². The number of hydroxylamine groups is 1. The fourth-order valence-electron chi connectivity index (χ4n) is 0.429. The third kappa shape index (κ3) is 1.03. The van der Waals surface area contributed by atoms with E-state index < -0.39 is 5.91 Å². The number of aromatic amines is 1. The summed E-state index contributed by atoms with van der Waals surface area (Å²) in [6.45, 7) is 0. The lowest BCUT2D eigenvalue weighted by molar-refractivity contribution is 0.0695. The average molecular weight is 143 g/mol. The highest BCUT2D eigenvalue weighted by atomic mass is 16.5. The molecule has 0 aliphatic carbocycles. The van der Waals surface area contributed by atoms with Crippen LogP contribution in [0, 0.1) is 0 Å². The van der Waals surface area contributed by atoms with Crippen LogP contribution in [0.4, 0.5) is 5.95 Å². The Labute approximate surface area is 55.2 Å². The fourth-order valence-corrected chi connectivity index (χ4v) is 0.429. The van der Waals surface area contributed by atoms with Gasteiger partial charge in [0.15, 0.2) is 0 Å². The van der Waals surface area contributed by atoms with Gasteiger partial charge in [-0.25, -0.2) is 5.48 Å². The van der Waals surface area contributed by atoms with Crippen LogP contribution in [-0.4, -0.2) is 26.3 Å². The van der Waals surface area contributed by atoms with Crippen LogP contribution in [-0.2, 0) is 0 Å². The van der Waals surface area contributed by atoms with Gasteiger partial charge in [-0.2, -0.15) is 4.98 Å². The molecule has 54 valence electrons. The number of rotatable bonds is 1. The lowest BCUT2D eigenvalue weighted by atomic mass is 10.6. The zero-order valence-corrected chi connectivity index (χ0v) is 4.83. The van der Waals surface area contributed by atoms with Gasteiger partial charge >= 0.3 is 5.91 Å². The fraction of sp³-hybridized carbons (Fsp3) is 0. The molecular formula is C3H5N5O2. The van der Waals surface area contributed by atoms with Crippen molar-refractivity contribution < 1.29 is 10.0 Å². The van der Waals surface area contributed by atoms with Crippen molar-refractivity contribution in [2.45, 2.75) is 0 Å². The summed E-state index contributed by atoms with van der Waals surface area (Å²) in [5.74, 6) is -0.942. The number of anilines is 1. The molecule has 0 fully saturated rings. The van der Waals surface area contributed by atoms with Crippen molar-refractivity contribution in [1.82, 2.24) is 20.7 Å². The summed E-state index contributed by atoms with van der Waals surface area (Å²) in [7, 11) is 0. The first-order valence-electron chi connectivity index (χ1n) is 2.36. The Morgan fingerprint density at radius 2 is 2.50 bits per heavy atom. The van der Waals surface area contributed by atoms with E-state index in [1.165, 1.54) is 5.48 Å². The third-order valence-corrected chi connectivity index (χ3v) is 0.819. The van der Waals surface area contributed by atoms with E-state index in [4.69, 9.17) is 10.9 Å². The molecule has 1 rings (SSSR count). The first-order valence-corrected chi connectivity index (χ1v) is 2.36. The van der Waals surface area contributed by atoms with Gasteiger partial charge in [0.1, 0.15) is 0 Å². The van der Waals surface area contributed by atoms with Gasteiger partial charge in [-0.3, -0.25) is 15.1 Å². The molecule has 7 heteroatoms. The van der Waals surface area contributed by atoms with Crippen LogP contribution in [0.2, 0.25) is 0 Å². The number of nitrogen functional groups attached to an aromatic ring is 1. The van der Waals surface area contributed by atoms with E-state index in [1.54, 1.807) is 0 Å². The lowest BCUT2D eigenvalue weighted by Crippen LogP contribution is -2.20. The average Bonchev–Trinajstić information content (AvgIpc) is 2.34. The quantitative estimate of drug-likeness (QED) is 0.282. The number of hydrogen-bond acceptors (Lipinski definition) is 5. The first-order chi connectivity index (χ1) is 4.74. The van der Waals surface area contributed by atoms with Crippen molar-refractivity contribution >= 4 is 11.9 Å². The van der Waals surface area contributed by atoms with Crippen molar-refractivity contribution in [1.29, 1.82) is 0 Å². The topological polar surface area (TPSA) is 117 Å². The second kappa shape index (κ2) is 2.31. The molecule has 0 saturated carbocycles. The van der Waals surface area contributed by atoms with Crippen molar-refractivity contribution in [3.8, 4) is 0 Å². The predicted octanol–water partition coefficient (Wildman–Crippen LogP) is -1.49. The van der Waals surface area contributed by atoms with Crippen LogP contribution in [0.1, 0.15) is 10.6 Å². The second-order valence-corrected chi connectivity index (χ2v) is 1.48. The van der Waals surface area contributed by atoms with E-state index >= 15 is 0 Å². The molecule has 0 unspecified atom stereocenters. The lowest BCUT2D eigenvalue weighted by Gasteiger charge is -1.87. The van der Waals surface area contributed by atoms with Crippen molar-refractivity contribution in [3.05, 3.63) is 5.82 Å². The van der Waals surface area contributed by atoms with Gasteiger partial charge in [-0.15, -0.1) is 5.10 Å². The number of nitrogens with one attached hydrogen (secondary N) is 2. The summed E-state index contributed by atoms with van der Waals surface area (Å²) in [5, 5.41) is 13.6. The summed E-state index contributed by atoms with van der Waals surface area (Å²) in [5.41, 5.74) is 6.42. The number of hydrogen-bond donors (Lipinski definition) is 4. The van der Waals surface area contributed by atoms with Crippen LogP contribution in [0.3, 0.4) is 0 Å². The van der Waals surface area contributed by atoms with Gasteiger partial charge in [0.05, 0.1) is 0 Å². The van der Waals surface area contributed by atoms with Gasteiger partial charge in [-0.05, 0) is 0 Å². The largest absolute Gasteiger partial charge is 0.366 e. The van der Waals surface area contributed by atoms with Gasteiger partial charge in [-0.1, -0.05) is 0 Å². The zero-order chi connectivity index (χ0) is 7.56. The highest BCUT2D eigenvalue weighted by molar-refractivity contribution is 5.89. The Kier molecular flexibility index (Phi) is 1.50. The van der Waals surface area contributed by atoms with Crippen molar-refractivity contribution in [2.75, 3.05) is 5.73 Å². The number of nitrogens with two attached hydrogens (primary N) is 1. The molecule has 5 N–H and O–H groups in total. The Morgan fingerprint density at radius 3 is 2.90 bits per heavy atom. The molecule has 7 nitrogen and oxygen atoms in total. The number of carbonyl (C=O) groups excluding carboxylic acids is 1. The Balaban J connectivity index is 2.85. The highest BCUT2D eigenvalue weighted by Crippen LogP contribution is 1.90. The molecule has 0 aromatic carbocycles. The normalized spacial score (nSPS) is 9.30. The van der Waals surface area contributed by atoms with Crippen molar-refractivity contribution in [3.63, 3.8) is 0 Å². The van der Waals surface area contributed by atoms with E-state index in [1.807, 2.05) is 0 Å². The number of amides is 1. The molecule has 0 aliphatic rings.